The van der Waals surface area contributed by atoms with Crippen molar-refractivity contribution in [1.29, 1.82) is 0 Å². The number of hydrogen-bond acceptors (Lipinski definition) is 2. The lowest BCUT2D eigenvalue weighted by Gasteiger charge is -2.16. The minimum Gasteiger partial charge on any atom is -0.231 e. The molecule has 0 fully saturated rings. The minimum atomic E-state index is 0.133. The Labute approximate surface area is 66.6 Å². The highest BCUT2D eigenvalue weighted by atomic mass is 16.2. The van der Waals surface area contributed by atoms with Gasteiger partial charge in [0.15, 0.2) is 0 Å². The first-order chi connectivity index (χ1) is 5.33. The minimum absolute atomic E-state index is 0.133. The number of amides is 1. The first-order valence-electron chi connectivity index (χ1n) is 3.90. The third kappa shape index (κ3) is 1.74. The molecule has 3 nitrogen and oxygen atoms in total. The summed E-state index contributed by atoms with van der Waals surface area (Å²) in [5.74, 6) is 0. The van der Waals surface area contributed by atoms with Crippen LogP contribution in [0.15, 0.2) is 17.4 Å². The zero-order valence-electron chi connectivity index (χ0n) is 6.73. The van der Waals surface area contributed by atoms with Crippen molar-refractivity contribution in [1.82, 2.24) is 0 Å². The quantitative estimate of drug-likeness (QED) is 0.442. The summed E-state index contributed by atoms with van der Waals surface area (Å²) in [7, 11) is 0. The van der Waals surface area contributed by atoms with Crippen LogP contribution in [0.5, 0.6) is 0 Å². The van der Waals surface area contributed by atoms with Crippen molar-refractivity contribution in [2.75, 3.05) is 6.54 Å². The Bertz CT molecular complexity index is 184. The van der Waals surface area contributed by atoms with E-state index in [9.17, 15) is 4.79 Å². The van der Waals surface area contributed by atoms with Gasteiger partial charge in [0.05, 0.1) is 6.21 Å². The second-order valence-electron chi connectivity index (χ2n) is 2.68. The second-order valence-corrected chi connectivity index (χ2v) is 2.68. The Balaban J connectivity index is 2.54. The maximum absolute atomic E-state index is 10.6. The molecule has 1 heterocycles. The van der Waals surface area contributed by atoms with Gasteiger partial charge in [-0.15, -0.1) is 4.59 Å². The van der Waals surface area contributed by atoms with Gasteiger partial charge in [-0.05, 0) is 6.42 Å². The topological polar surface area (TPSA) is 29.4 Å². The van der Waals surface area contributed by atoms with Crippen LogP contribution >= 0.6 is 0 Å². The highest BCUT2D eigenvalue weighted by Gasteiger charge is 2.25. The molecule has 0 aliphatic carbocycles. The van der Waals surface area contributed by atoms with E-state index in [1.54, 1.807) is 6.21 Å². The van der Waals surface area contributed by atoms with Crippen LogP contribution in [0, 0.1) is 0 Å². The molecule has 0 radical (unpaired) electrons. The molecule has 60 valence electrons. The van der Waals surface area contributed by atoms with Gasteiger partial charge in [-0.25, -0.2) is 4.79 Å². The molecule has 0 aromatic rings. The molecule has 0 spiro atoms. The Kier molecular flexibility index (Phi) is 2.54. The summed E-state index contributed by atoms with van der Waals surface area (Å²) in [6, 6.07) is 0. The molecule has 1 amide bonds. The molecular weight excluding hydrogens is 140 g/mol. The Morgan fingerprint density at radius 1 is 1.64 bits per heavy atom. The van der Waals surface area contributed by atoms with Crippen molar-refractivity contribution in [2.24, 2.45) is 5.10 Å². The average Bonchev–Trinajstić information content (AvgIpc) is 2.50. The van der Waals surface area contributed by atoms with Crippen LogP contribution in [-0.2, 0) is 4.79 Å². The van der Waals surface area contributed by atoms with Crippen LogP contribution in [0.4, 0.5) is 0 Å². The summed E-state index contributed by atoms with van der Waals surface area (Å²) in [4.78, 5) is 10.6. The van der Waals surface area contributed by atoms with Gasteiger partial charge in [0.2, 0.25) is 0 Å². The van der Waals surface area contributed by atoms with Gasteiger partial charge >= 0.3 is 6.41 Å². The van der Waals surface area contributed by atoms with Gasteiger partial charge in [0, 0.05) is 6.08 Å². The van der Waals surface area contributed by atoms with Crippen molar-refractivity contribution in [3.05, 3.63) is 12.3 Å². The Morgan fingerprint density at radius 2 is 2.45 bits per heavy atom. The monoisotopic (exact) mass is 153 g/mol. The van der Waals surface area contributed by atoms with E-state index in [-0.39, 0.29) is 4.59 Å². The number of unbranched alkanes of at least 4 members (excludes halogenated alkanes) is 1. The molecule has 0 bridgehead atoms. The molecule has 0 saturated carbocycles. The highest BCUT2D eigenvalue weighted by Crippen LogP contribution is 2.11. The lowest BCUT2D eigenvalue weighted by atomic mass is 10.3. The van der Waals surface area contributed by atoms with Crippen LogP contribution in [0.3, 0.4) is 0 Å². The summed E-state index contributed by atoms with van der Waals surface area (Å²) in [5, 5.41) is 4.06. The maximum atomic E-state index is 10.6. The SMILES string of the molecule is CCCC[N+]1(C=O)C=CC=N1. The number of nitrogens with zero attached hydrogens (tertiary/aromatic N) is 2. The zero-order chi connectivity index (χ0) is 8.16. The third-order valence-electron chi connectivity index (χ3n) is 1.76. The van der Waals surface area contributed by atoms with Crippen LogP contribution in [0.2, 0.25) is 0 Å². The summed E-state index contributed by atoms with van der Waals surface area (Å²) in [6.45, 7) is 2.89. The second kappa shape index (κ2) is 3.44. The molecule has 1 aliphatic heterocycles. The fourth-order valence-electron chi connectivity index (χ4n) is 1.05. The van der Waals surface area contributed by atoms with Crippen LogP contribution in [0.1, 0.15) is 19.8 Å². The summed E-state index contributed by atoms with van der Waals surface area (Å²) >= 11 is 0. The van der Waals surface area contributed by atoms with Crippen molar-refractivity contribution >= 4 is 12.6 Å². The van der Waals surface area contributed by atoms with E-state index >= 15 is 0 Å². The number of quaternary nitrogens is 1. The number of allylic oxidation sites excluding steroid dienone is 1. The van der Waals surface area contributed by atoms with Crippen molar-refractivity contribution in [3.63, 3.8) is 0 Å². The van der Waals surface area contributed by atoms with Crippen LogP contribution in [0.25, 0.3) is 0 Å². The molecule has 1 atom stereocenters. The molecular formula is C8H13N2O+. The average molecular weight is 153 g/mol. The van der Waals surface area contributed by atoms with Gasteiger partial charge in [-0.2, -0.15) is 0 Å². The lowest BCUT2D eigenvalue weighted by Crippen LogP contribution is -2.34. The predicted molar refractivity (Wildman–Crippen MR) is 43.7 cm³/mol. The standard InChI is InChI=1S/C8H13N2O/c1-2-3-6-10(8-11)7-4-5-9-10/h4-5,7-8H,2-3,6H2,1H3/q+1. The van der Waals surface area contributed by atoms with Crippen LogP contribution < -0.4 is 0 Å². The molecule has 11 heavy (non-hydrogen) atoms. The van der Waals surface area contributed by atoms with E-state index in [2.05, 4.69) is 12.0 Å². The molecule has 3 heteroatoms. The van der Waals surface area contributed by atoms with E-state index in [1.807, 2.05) is 12.3 Å². The van der Waals surface area contributed by atoms with Gasteiger partial charge < -0.3 is 0 Å². The number of hydrogen-bond donors (Lipinski definition) is 0. The maximum Gasteiger partial charge on any atom is 0.332 e. The van der Waals surface area contributed by atoms with Crippen molar-refractivity contribution in [3.8, 4) is 0 Å². The Morgan fingerprint density at radius 3 is 2.91 bits per heavy atom. The van der Waals surface area contributed by atoms with E-state index in [1.165, 1.54) is 0 Å². The highest BCUT2D eigenvalue weighted by molar-refractivity contribution is 5.72. The molecule has 0 N–H and O–H groups in total. The third-order valence-corrected chi connectivity index (χ3v) is 1.76. The lowest BCUT2D eigenvalue weighted by molar-refractivity contribution is -0.797. The number of carbonyl (C=O) groups is 1. The molecule has 1 aliphatic rings. The summed E-state index contributed by atoms with van der Waals surface area (Å²) < 4.78 is 0.133. The van der Waals surface area contributed by atoms with E-state index in [4.69, 9.17) is 0 Å². The largest absolute Gasteiger partial charge is 0.332 e. The van der Waals surface area contributed by atoms with Gasteiger partial charge in [0.1, 0.15) is 12.7 Å². The Hall–Kier alpha value is -0.960. The van der Waals surface area contributed by atoms with E-state index in [0.29, 0.717) is 0 Å². The summed E-state index contributed by atoms with van der Waals surface area (Å²) in [5.41, 5.74) is 0. The van der Waals surface area contributed by atoms with E-state index in [0.717, 1.165) is 25.8 Å². The first kappa shape index (κ1) is 8.14. The molecule has 1 unspecified atom stereocenters. The fraction of sp³-hybridized carbons (Fsp3) is 0.500. The van der Waals surface area contributed by atoms with Gasteiger partial charge in [-0.3, -0.25) is 0 Å². The van der Waals surface area contributed by atoms with Crippen molar-refractivity contribution in [2.45, 2.75) is 19.8 Å². The smallest absolute Gasteiger partial charge is 0.231 e. The number of carbonyl (C=O) groups excluding carboxylic acids is 1. The van der Waals surface area contributed by atoms with Gasteiger partial charge in [0.25, 0.3) is 0 Å². The summed E-state index contributed by atoms with van der Waals surface area (Å²) in [6.07, 6.45) is 8.28. The van der Waals surface area contributed by atoms with Crippen LogP contribution in [-0.4, -0.2) is 23.8 Å². The number of rotatable bonds is 4. The fourth-order valence-corrected chi connectivity index (χ4v) is 1.05. The van der Waals surface area contributed by atoms with Gasteiger partial charge in [-0.1, -0.05) is 18.4 Å². The van der Waals surface area contributed by atoms with Crippen molar-refractivity contribution < 1.29 is 9.39 Å². The van der Waals surface area contributed by atoms with E-state index < -0.39 is 0 Å². The molecule has 0 aromatic carbocycles. The zero-order valence-corrected chi connectivity index (χ0v) is 6.73. The predicted octanol–water partition coefficient (Wildman–Crippen LogP) is 1.27. The normalized spacial score (nSPS) is 27.7. The molecule has 1 rings (SSSR count). The first-order valence-corrected chi connectivity index (χ1v) is 3.90. The molecule has 0 saturated heterocycles. The molecule has 0 aromatic heterocycles.